The molecule has 0 spiro atoms. The van der Waals surface area contributed by atoms with Gasteiger partial charge in [-0.05, 0) is 38.4 Å². The number of halogens is 1. The van der Waals surface area contributed by atoms with Gasteiger partial charge in [-0.15, -0.1) is 5.10 Å². The highest BCUT2D eigenvalue weighted by Crippen LogP contribution is 2.14. The predicted molar refractivity (Wildman–Crippen MR) is 76.5 cm³/mol. The van der Waals surface area contributed by atoms with E-state index in [-0.39, 0.29) is 5.82 Å². The summed E-state index contributed by atoms with van der Waals surface area (Å²) in [6.07, 6.45) is 5.09. The van der Waals surface area contributed by atoms with E-state index in [0.717, 1.165) is 19.6 Å². The summed E-state index contributed by atoms with van der Waals surface area (Å²) in [5, 5.41) is 7.91. The molecule has 1 unspecified atom stereocenters. The van der Waals surface area contributed by atoms with Gasteiger partial charge in [-0.2, -0.15) is 4.98 Å². The SMILES string of the molecule is CCN(CC1CCCCN1)c1nc2ccc(F)cn2n1. The Morgan fingerprint density at radius 1 is 1.45 bits per heavy atom. The van der Waals surface area contributed by atoms with E-state index in [4.69, 9.17) is 0 Å². The Kier molecular flexibility index (Phi) is 3.82. The third-order valence-electron chi connectivity index (χ3n) is 3.80. The van der Waals surface area contributed by atoms with Gasteiger partial charge in [-0.3, -0.25) is 0 Å². The highest BCUT2D eigenvalue weighted by molar-refractivity contribution is 5.44. The predicted octanol–water partition coefficient (Wildman–Crippen LogP) is 1.84. The second-order valence-electron chi connectivity index (χ2n) is 5.25. The van der Waals surface area contributed by atoms with Gasteiger partial charge in [0.15, 0.2) is 5.65 Å². The van der Waals surface area contributed by atoms with E-state index >= 15 is 0 Å². The Morgan fingerprint density at radius 3 is 3.10 bits per heavy atom. The van der Waals surface area contributed by atoms with Crippen molar-refractivity contribution >= 4 is 11.6 Å². The molecule has 1 atom stereocenters. The number of aromatic nitrogens is 3. The van der Waals surface area contributed by atoms with Crippen molar-refractivity contribution in [2.75, 3.05) is 24.5 Å². The molecular weight excluding hydrogens is 257 g/mol. The number of nitrogens with zero attached hydrogens (tertiary/aromatic N) is 4. The zero-order chi connectivity index (χ0) is 13.9. The number of piperidine rings is 1. The summed E-state index contributed by atoms with van der Waals surface area (Å²) < 4.78 is 14.7. The number of pyridine rings is 1. The normalized spacial score (nSPS) is 19.4. The summed E-state index contributed by atoms with van der Waals surface area (Å²) in [6, 6.07) is 3.55. The van der Waals surface area contributed by atoms with Crippen molar-refractivity contribution in [1.82, 2.24) is 19.9 Å². The van der Waals surface area contributed by atoms with E-state index in [0.29, 0.717) is 17.6 Å². The van der Waals surface area contributed by atoms with Gasteiger partial charge in [0.1, 0.15) is 5.82 Å². The zero-order valence-corrected chi connectivity index (χ0v) is 11.7. The number of nitrogens with one attached hydrogen (secondary N) is 1. The molecule has 5 nitrogen and oxygen atoms in total. The van der Waals surface area contributed by atoms with Gasteiger partial charge in [0.05, 0.1) is 6.20 Å². The van der Waals surface area contributed by atoms with Gasteiger partial charge in [-0.1, -0.05) is 6.42 Å². The third-order valence-corrected chi connectivity index (χ3v) is 3.80. The lowest BCUT2D eigenvalue weighted by Crippen LogP contribution is -2.44. The molecule has 0 radical (unpaired) electrons. The highest BCUT2D eigenvalue weighted by atomic mass is 19.1. The molecule has 6 heteroatoms. The Bertz CT molecular complexity index is 576. The van der Waals surface area contributed by atoms with Crippen LogP contribution < -0.4 is 10.2 Å². The molecule has 3 heterocycles. The maximum Gasteiger partial charge on any atom is 0.245 e. The molecule has 0 amide bonds. The number of fused-ring (bicyclic) bond motifs is 1. The Morgan fingerprint density at radius 2 is 2.35 bits per heavy atom. The molecular formula is C14H20FN5. The van der Waals surface area contributed by atoms with E-state index in [9.17, 15) is 4.39 Å². The number of likely N-dealkylation sites (N-methyl/N-ethyl adjacent to an activating group) is 1. The van der Waals surface area contributed by atoms with Crippen LogP contribution in [0.3, 0.4) is 0 Å². The third kappa shape index (κ3) is 2.75. The molecule has 20 heavy (non-hydrogen) atoms. The lowest BCUT2D eigenvalue weighted by atomic mass is 10.0. The van der Waals surface area contributed by atoms with E-state index in [2.05, 4.69) is 27.2 Å². The van der Waals surface area contributed by atoms with Crippen LogP contribution in [-0.4, -0.2) is 40.3 Å². The highest BCUT2D eigenvalue weighted by Gasteiger charge is 2.18. The fraction of sp³-hybridized carbons (Fsp3) is 0.571. The second kappa shape index (κ2) is 5.75. The zero-order valence-electron chi connectivity index (χ0n) is 11.7. The van der Waals surface area contributed by atoms with E-state index in [1.807, 2.05) is 0 Å². The van der Waals surface area contributed by atoms with Gasteiger partial charge in [-0.25, -0.2) is 8.91 Å². The summed E-state index contributed by atoms with van der Waals surface area (Å²) in [5.74, 6) is 0.372. The van der Waals surface area contributed by atoms with Crippen molar-refractivity contribution in [2.24, 2.45) is 0 Å². The van der Waals surface area contributed by atoms with Crippen molar-refractivity contribution in [2.45, 2.75) is 32.2 Å². The molecule has 1 aliphatic rings. The molecule has 1 N–H and O–H groups in total. The molecule has 0 aliphatic carbocycles. The Labute approximate surface area is 117 Å². The van der Waals surface area contributed by atoms with Crippen molar-refractivity contribution < 1.29 is 4.39 Å². The largest absolute Gasteiger partial charge is 0.338 e. The number of anilines is 1. The van der Waals surface area contributed by atoms with Crippen LogP contribution in [0.5, 0.6) is 0 Å². The number of hydrogen-bond acceptors (Lipinski definition) is 4. The molecule has 2 aromatic heterocycles. The second-order valence-corrected chi connectivity index (χ2v) is 5.25. The van der Waals surface area contributed by atoms with Crippen LogP contribution in [0.4, 0.5) is 10.3 Å². The molecule has 1 saturated heterocycles. The van der Waals surface area contributed by atoms with Crippen molar-refractivity contribution in [3.05, 3.63) is 24.1 Å². The monoisotopic (exact) mass is 277 g/mol. The van der Waals surface area contributed by atoms with Crippen LogP contribution >= 0.6 is 0 Å². The molecule has 1 aliphatic heterocycles. The minimum absolute atomic E-state index is 0.300. The standard InChI is InChI=1S/C14H20FN5/c1-2-19(10-12-5-3-4-8-16-12)14-17-13-7-6-11(15)9-20(13)18-14/h6-7,9,12,16H,2-5,8,10H2,1H3. The first-order chi connectivity index (χ1) is 9.76. The molecule has 2 aromatic rings. The molecule has 0 aromatic carbocycles. The maximum absolute atomic E-state index is 13.2. The smallest absolute Gasteiger partial charge is 0.245 e. The number of rotatable bonds is 4. The summed E-state index contributed by atoms with van der Waals surface area (Å²) >= 11 is 0. The molecule has 108 valence electrons. The topological polar surface area (TPSA) is 45.5 Å². The fourth-order valence-corrected chi connectivity index (χ4v) is 2.68. The van der Waals surface area contributed by atoms with Gasteiger partial charge >= 0.3 is 0 Å². The van der Waals surface area contributed by atoms with Crippen LogP contribution in [0.15, 0.2) is 18.3 Å². The van der Waals surface area contributed by atoms with Crippen LogP contribution in [0.1, 0.15) is 26.2 Å². The summed E-state index contributed by atoms with van der Waals surface area (Å²) in [7, 11) is 0. The van der Waals surface area contributed by atoms with Crippen LogP contribution in [0, 0.1) is 5.82 Å². The van der Waals surface area contributed by atoms with Gasteiger partial charge in [0.25, 0.3) is 0 Å². The van der Waals surface area contributed by atoms with Gasteiger partial charge in [0, 0.05) is 19.1 Å². The Hall–Kier alpha value is -1.69. The molecule has 3 rings (SSSR count). The summed E-state index contributed by atoms with van der Waals surface area (Å²) in [4.78, 5) is 6.62. The van der Waals surface area contributed by atoms with Crippen LogP contribution in [0.25, 0.3) is 5.65 Å². The van der Waals surface area contributed by atoms with Crippen molar-refractivity contribution in [1.29, 1.82) is 0 Å². The molecule has 0 saturated carbocycles. The lowest BCUT2D eigenvalue weighted by Gasteiger charge is -2.29. The first-order valence-electron chi connectivity index (χ1n) is 7.26. The van der Waals surface area contributed by atoms with E-state index in [1.54, 1.807) is 6.07 Å². The van der Waals surface area contributed by atoms with Crippen molar-refractivity contribution in [3.63, 3.8) is 0 Å². The first-order valence-corrected chi connectivity index (χ1v) is 7.26. The van der Waals surface area contributed by atoms with E-state index < -0.39 is 0 Å². The Balaban J connectivity index is 1.79. The molecule has 0 bridgehead atoms. The minimum atomic E-state index is -0.300. The average molecular weight is 277 g/mol. The first kappa shape index (κ1) is 13.3. The lowest BCUT2D eigenvalue weighted by molar-refractivity contribution is 0.399. The fourth-order valence-electron chi connectivity index (χ4n) is 2.68. The van der Waals surface area contributed by atoms with Gasteiger partial charge < -0.3 is 10.2 Å². The molecule has 1 fully saturated rings. The summed E-state index contributed by atoms with van der Waals surface area (Å²) in [5.41, 5.74) is 0.677. The van der Waals surface area contributed by atoms with Crippen molar-refractivity contribution in [3.8, 4) is 0 Å². The van der Waals surface area contributed by atoms with Crippen LogP contribution in [-0.2, 0) is 0 Å². The number of hydrogen-bond donors (Lipinski definition) is 1. The van der Waals surface area contributed by atoms with Crippen LogP contribution in [0.2, 0.25) is 0 Å². The van der Waals surface area contributed by atoms with E-state index in [1.165, 1.54) is 36.0 Å². The maximum atomic E-state index is 13.2. The summed E-state index contributed by atoms with van der Waals surface area (Å²) in [6.45, 7) is 4.93. The average Bonchev–Trinajstić information content (AvgIpc) is 2.88. The minimum Gasteiger partial charge on any atom is -0.338 e. The van der Waals surface area contributed by atoms with Gasteiger partial charge in [0.2, 0.25) is 5.95 Å². The quantitative estimate of drug-likeness (QED) is 0.926.